The fourth-order valence-electron chi connectivity index (χ4n) is 1.93. The van der Waals surface area contributed by atoms with Gasteiger partial charge < -0.3 is 10.6 Å². The van der Waals surface area contributed by atoms with Gasteiger partial charge in [-0.2, -0.15) is 13.2 Å². The third-order valence-electron chi connectivity index (χ3n) is 3.08. The summed E-state index contributed by atoms with van der Waals surface area (Å²) in [6, 6.07) is 1.10. The van der Waals surface area contributed by atoms with E-state index in [9.17, 15) is 13.2 Å². The topological polar surface area (TPSA) is 55.0 Å². The molecule has 0 atom stereocenters. The second kappa shape index (κ2) is 5.09. The minimum atomic E-state index is -4.44. The maximum Gasteiger partial charge on any atom is 0.433 e. The quantitative estimate of drug-likeness (QED) is 0.897. The van der Waals surface area contributed by atoms with Crippen LogP contribution in [0.5, 0.6) is 0 Å². The van der Waals surface area contributed by atoms with Crippen LogP contribution in [0.25, 0.3) is 0 Å². The molecule has 1 saturated carbocycles. The van der Waals surface area contributed by atoms with Crippen LogP contribution in [-0.2, 0) is 6.18 Å². The highest BCUT2D eigenvalue weighted by Crippen LogP contribution is 2.31. The van der Waals surface area contributed by atoms with Crippen LogP contribution in [0.1, 0.15) is 25.0 Å². The molecule has 1 aliphatic rings. The summed E-state index contributed by atoms with van der Waals surface area (Å²) < 4.78 is 37.7. The number of hydrogen-bond donors (Lipinski definition) is 1. The Morgan fingerprint density at radius 1 is 1.39 bits per heavy atom. The van der Waals surface area contributed by atoms with Crippen molar-refractivity contribution in [3.8, 4) is 0 Å². The molecule has 4 nitrogen and oxygen atoms in total. The van der Waals surface area contributed by atoms with Crippen LogP contribution in [-0.4, -0.2) is 29.1 Å². The highest BCUT2D eigenvalue weighted by atomic mass is 19.4. The molecule has 1 aliphatic carbocycles. The first-order valence-corrected chi connectivity index (χ1v) is 5.89. The van der Waals surface area contributed by atoms with Crippen molar-refractivity contribution in [1.29, 1.82) is 0 Å². The van der Waals surface area contributed by atoms with Crippen molar-refractivity contribution in [2.24, 2.45) is 5.73 Å². The molecule has 0 bridgehead atoms. The van der Waals surface area contributed by atoms with Gasteiger partial charge in [-0.25, -0.2) is 9.97 Å². The Morgan fingerprint density at radius 2 is 2.11 bits per heavy atom. The molecule has 0 aliphatic heterocycles. The molecule has 1 heterocycles. The van der Waals surface area contributed by atoms with E-state index >= 15 is 0 Å². The Hall–Kier alpha value is -1.37. The summed E-state index contributed by atoms with van der Waals surface area (Å²) in [5, 5.41) is 0. The molecule has 1 fully saturated rings. The van der Waals surface area contributed by atoms with Gasteiger partial charge in [-0.1, -0.05) is 0 Å². The van der Waals surface area contributed by atoms with Gasteiger partial charge in [-0.15, -0.1) is 0 Å². The van der Waals surface area contributed by atoms with E-state index in [2.05, 4.69) is 9.97 Å². The number of alkyl halides is 3. The minimum absolute atomic E-state index is 0.125. The van der Waals surface area contributed by atoms with Crippen LogP contribution in [0.3, 0.4) is 0 Å². The van der Waals surface area contributed by atoms with Crippen LogP contribution < -0.4 is 10.6 Å². The van der Waals surface area contributed by atoms with E-state index in [1.807, 2.05) is 0 Å². The number of rotatable bonds is 4. The summed E-state index contributed by atoms with van der Waals surface area (Å²) in [4.78, 5) is 9.31. The molecule has 18 heavy (non-hydrogen) atoms. The van der Waals surface area contributed by atoms with Gasteiger partial charge in [0, 0.05) is 25.3 Å². The summed E-state index contributed by atoms with van der Waals surface area (Å²) >= 11 is 0. The van der Waals surface area contributed by atoms with Crippen LogP contribution in [0.15, 0.2) is 12.3 Å². The molecule has 100 valence electrons. The van der Waals surface area contributed by atoms with Crippen molar-refractivity contribution < 1.29 is 13.2 Å². The van der Waals surface area contributed by atoms with Gasteiger partial charge in [0.1, 0.15) is 5.69 Å². The van der Waals surface area contributed by atoms with Gasteiger partial charge in [0.25, 0.3) is 0 Å². The molecule has 0 radical (unpaired) electrons. The Morgan fingerprint density at radius 3 is 2.61 bits per heavy atom. The molecular formula is C11H15F3N4. The molecule has 1 aromatic heterocycles. The lowest BCUT2D eigenvalue weighted by atomic mass is 9.91. The second-order valence-electron chi connectivity index (χ2n) is 4.31. The van der Waals surface area contributed by atoms with Gasteiger partial charge in [0.15, 0.2) is 0 Å². The summed E-state index contributed by atoms with van der Waals surface area (Å²) in [7, 11) is 0. The molecule has 7 heteroatoms. The predicted molar refractivity (Wildman–Crippen MR) is 61.1 cm³/mol. The van der Waals surface area contributed by atoms with E-state index in [-0.39, 0.29) is 12.0 Å². The Kier molecular flexibility index (Phi) is 3.70. The Bertz CT molecular complexity index is 404. The Labute approximate surface area is 103 Å². The standard InChI is InChI=1S/C11H15F3N4/c12-11(13,14)9-4-6-16-10(17-9)18(7-5-15)8-2-1-3-8/h4,6,8H,1-3,5,7,15H2. The monoisotopic (exact) mass is 260 g/mol. The molecule has 0 aromatic carbocycles. The van der Waals surface area contributed by atoms with E-state index in [1.165, 1.54) is 0 Å². The lowest BCUT2D eigenvalue weighted by Gasteiger charge is -2.37. The minimum Gasteiger partial charge on any atom is -0.337 e. The predicted octanol–water partition coefficient (Wildman–Crippen LogP) is 1.81. The third kappa shape index (κ3) is 2.72. The van der Waals surface area contributed by atoms with Crippen LogP contribution >= 0.6 is 0 Å². The fraction of sp³-hybridized carbons (Fsp3) is 0.636. The highest BCUT2D eigenvalue weighted by Gasteiger charge is 2.34. The average molecular weight is 260 g/mol. The van der Waals surface area contributed by atoms with E-state index in [0.29, 0.717) is 13.1 Å². The van der Waals surface area contributed by atoms with Crippen molar-refractivity contribution in [1.82, 2.24) is 9.97 Å². The number of nitrogens with zero attached hydrogens (tertiary/aromatic N) is 3. The van der Waals surface area contributed by atoms with Crippen molar-refractivity contribution in [3.63, 3.8) is 0 Å². The molecule has 0 spiro atoms. The maximum atomic E-state index is 12.6. The number of halogens is 3. The van der Waals surface area contributed by atoms with Crippen LogP contribution in [0, 0.1) is 0 Å². The number of anilines is 1. The normalized spacial score (nSPS) is 16.4. The summed E-state index contributed by atoms with van der Waals surface area (Å²) in [5.74, 6) is 0.125. The van der Waals surface area contributed by atoms with Crippen molar-refractivity contribution in [2.45, 2.75) is 31.5 Å². The molecule has 0 unspecified atom stereocenters. The highest BCUT2D eigenvalue weighted by molar-refractivity contribution is 5.33. The molecular weight excluding hydrogens is 245 g/mol. The number of nitrogens with two attached hydrogens (primary N) is 1. The first kappa shape index (κ1) is 13.1. The van der Waals surface area contributed by atoms with Gasteiger partial charge in [0.05, 0.1) is 0 Å². The summed E-state index contributed by atoms with van der Waals surface area (Å²) in [5.41, 5.74) is 4.58. The van der Waals surface area contributed by atoms with Gasteiger partial charge in [0.2, 0.25) is 5.95 Å². The van der Waals surface area contributed by atoms with E-state index in [4.69, 9.17) is 5.73 Å². The van der Waals surface area contributed by atoms with Crippen molar-refractivity contribution in [3.05, 3.63) is 18.0 Å². The van der Waals surface area contributed by atoms with Crippen LogP contribution in [0.4, 0.5) is 19.1 Å². The smallest absolute Gasteiger partial charge is 0.337 e. The number of aromatic nitrogens is 2. The van der Waals surface area contributed by atoms with Crippen molar-refractivity contribution in [2.75, 3.05) is 18.0 Å². The van der Waals surface area contributed by atoms with E-state index < -0.39 is 11.9 Å². The van der Waals surface area contributed by atoms with E-state index in [1.54, 1.807) is 4.90 Å². The SMILES string of the molecule is NCCN(c1nccc(C(F)(F)F)n1)C1CCC1. The number of hydrogen-bond acceptors (Lipinski definition) is 4. The molecule has 2 rings (SSSR count). The third-order valence-corrected chi connectivity index (χ3v) is 3.08. The summed E-state index contributed by atoms with van der Waals surface area (Å²) in [6.45, 7) is 0.849. The molecule has 2 N–H and O–H groups in total. The molecule has 1 aromatic rings. The molecule has 0 amide bonds. The largest absolute Gasteiger partial charge is 0.433 e. The van der Waals surface area contributed by atoms with Gasteiger partial charge in [-0.05, 0) is 25.3 Å². The van der Waals surface area contributed by atoms with Crippen LogP contribution in [0.2, 0.25) is 0 Å². The second-order valence-corrected chi connectivity index (χ2v) is 4.31. The lowest BCUT2D eigenvalue weighted by Crippen LogP contribution is -2.44. The first-order valence-electron chi connectivity index (χ1n) is 5.89. The van der Waals surface area contributed by atoms with Crippen molar-refractivity contribution >= 4 is 5.95 Å². The molecule has 0 saturated heterocycles. The van der Waals surface area contributed by atoms with Gasteiger partial charge in [-0.3, -0.25) is 0 Å². The lowest BCUT2D eigenvalue weighted by molar-refractivity contribution is -0.141. The maximum absolute atomic E-state index is 12.6. The Balaban J connectivity index is 2.24. The zero-order valence-corrected chi connectivity index (χ0v) is 9.82. The zero-order chi connectivity index (χ0) is 13.2. The average Bonchev–Trinajstić information content (AvgIpc) is 2.25. The van der Waals surface area contributed by atoms with Gasteiger partial charge >= 0.3 is 6.18 Å². The summed E-state index contributed by atoms with van der Waals surface area (Å²) in [6.07, 6.45) is -0.289. The zero-order valence-electron chi connectivity index (χ0n) is 9.82. The first-order chi connectivity index (χ1) is 8.52. The van der Waals surface area contributed by atoms with E-state index in [0.717, 1.165) is 31.5 Å². The fourth-order valence-corrected chi connectivity index (χ4v) is 1.93.